The molecule has 1 atom stereocenters. The van der Waals surface area contributed by atoms with Crippen LogP contribution >= 0.6 is 0 Å². The smallest absolute Gasteiger partial charge is 0.150 e. The summed E-state index contributed by atoms with van der Waals surface area (Å²) in [6.45, 7) is 1.54. The van der Waals surface area contributed by atoms with E-state index >= 15 is 0 Å². The lowest BCUT2D eigenvalue weighted by Gasteiger charge is -2.18. The first-order valence-corrected chi connectivity index (χ1v) is 4.47. The fraction of sp³-hybridized carbons (Fsp3) is 0.667. The predicted molar refractivity (Wildman–Crippen MR) is 50.7 cm³/mol. The largest absolute Gasteiger partial charge is 0.389 e. The molecule has 80 valence electrons. The second-order valence-electron chi connectivity index (χ2n) is 3.28. The minimum atomic E-state index is -0.465. The van der Waals surface area contributed by atoms with Gasteiger partial charge in [0.1, 0.15) is 0 Å². The molecule has 14 heavy (non-hydrogen) atoms. The first-order valence-electron chi connectivity index (χ1n) is 4.47. The Balaban J connectivity index is 2.25. The molecular weight excluding hydrogens is 184 g/mol. The fourth-order valence-electron chi connectivity index (χ4n) is 1.26. The van der Waals surface area contributed by atoms with E-state index in [0.29, 0.717) is 19.7 Å². The molecule has 0 fully saturated rings. The monoisotopic (exact) mass is 200 g/mol. The van der Waals surface area contributed by atoms with Crippen LogP contribution in [-0.2, 0) is 11.3 Å². The van der Waals surface area contributed by atoms with Crippen LogP contribution < -0.4 is 0 Å². The van der Waals surface area contributed by atoms with Gasteiger partial charge in [0, 0.05) is 19.7 Å². The summed E-state index contributed by atoms with van der Waals surface area (Å²) in [6.07, 6.45) is 1.14. The molecule has 0 amide bonds. The summed E-state index contributed by atoms with van der Waals surface area (Å²) >= 11 is 0. The van der Waals surface area contributed by atoms with Gasteiger partial charge in [-0.15, -0.1) is 0 Å². The third-order valence-electron chi connectivity index (χ3n) is 1.80. The van der Waals surface area contributed by atoms with Gasteiger partial charge in [-0.3, -0.25) is 4.90 Å². The number of rotatable bonds is 6. The van der Waals surface area contributed by atoms with E-state index in [9.17, 15) is 5.11 Å². The highest BCUT2D eigenvalue weighted by Gasteiger charge is 2.09. The Bertz CT molecular complexity index is 238. The van der Waals surface area contributed by atoms with E-state index in [1.807, 2.05) is 11.9 Å². The molecule has 0 saturated carbocycles. The second-order valence-corrected chi connectivity index (χ2v) is 3.28. The van der Waals surface area contributed by atoms with E-state index < -0.39 is 6.10 Å². The number of ether oxygens (including phenoxy) is 1. The Morgan fingerprint density at radius 3 is 3.07 bits per heavy atom. The number of hydrogen-bond acceptors (Lipinski definition) is 5. The van der Waals surface area contributed by atoms with Crippen LogP contribution in [0, 0.1) is 0 Å². The molecule has 1 N–H and O–H groups in total. The maximum Gasteiger partial charge on any atom is 0.150 e. The van der Waals surface area contributed by atoms with Gasteiger partial charge in [0.2, 0.25) is 0 Å². The van der Waals surface area contributed by atoms with Crippen LogP contribution in [0.25, 0.3) is 0 Å². The van der Waals surface area contributed by atoms with Gasteiger partial charge >= 0.3 is 0 Å². The van der Waals surface area contributed by atoms with Gasteiger partial charge in [-0.25, -0.2) is 0 Å². The summed E-state index contributed by atoms with van der Waals surface area (Å²) in [4.78, 5) is 1.95. The van der Waals surface area contributed by atoms with Gasteiger partial charge in [0.05, 0.1) is 25.5 Å². The lowest BCUT2D eigenvalue weighted by molar-refractivity contribution is 0.0403. The fourth-order valence-corrected chi connectivity index (χ4v) is 1.26. The quantitative estimate of drug-likeness (QED) is 0.706. The predicted octanol–water partition coefficient (Wildman–Crippen LogP) is 0.114. The number of nitrogens with zero attached hydrogens (tertiary/aromatic N) is 2. The molecular formula is C9H16N2O3. The van der Waals surface area contributed by atoms with Crippen molar-refractivity contribution in [2.45, 2.75) is 12.6 Å². The van der Waals surface area contributed by atoms with Crippen LogP contribution in [0.4, 0.5) is 0 Å². The first kappa shape index (κ1) is 11.2. The molecule has 0 aliphatic heterocycles. The first-order chi connectivity index (χ1) is 6.72. The molecule has 1 heterocycles. The highest BCUT2D eigenvalue weighted by Crippen LogP contribution is 2.01. The van der Waals surface area contributed by atoms with E-state index in [-0.39, 0.29) is 0 Å². The zero-order chi connectivity index (χ0) is 10.4. The number of methoxy groups -OCH3 is 1. The third-order valence-corrected chi connectivity index (χ3v) is 1.80. The molecule has 1 rings (SSSR count). The Hall–Kier alpha value is -0.910. The van der Waals surface area contributed by atoms with Crippen molar-refractivity contribution < 1.29 is 14.4 Å². The van der Waals surface area contributed by atoms with Gasteiger partial charge in [0.15, 0.2) is 5.76 Å². The van der Waals surface area contributed by atoms with Gasteiger partial charge < -0.3 is 14.4 Å². The van der Waals surface area contributed by atoms with Crippen LogP contribution in [-0.4, -0.2) is 48.6 Å². The Morgan fingerprint density at radius 2 is 2.50 bits per heavy atom. The van der Waals surface area contributed by atoms with Crippen molar-refractivity contribution in [1.82, 2.24) is 10.1 Å². The minimum Gasteiger partial charge on any atom is -0.389 e. The number of aliphatic hydroxyl groups is 1. The van der Waals surface area contributed by atoms with Crippen molar-refractivity contribution in [3.63, 3.8) is 0 Å². The van der Waals surface area contributed by atoms with E-state index in [1.165, 1.54) is 0 Å². The summed E-state index contributed by atoms with van der Waals surface area (Å²) in [5, 5.41) is 13.0. The van der Waals surface area contributed by atoms with Gasteiger partial charge in [-0.1, -0.05) is 5.16 Å². The average Bonchev–Trinajstić information content (AvgIpc) is 2.56. The molecule has 0 spiro atoms. The van der Waals surface area contributed by atoms with Crippen LogP contribution in [0.15, 0.2) is 16.8 Å². The molecule has 5 heteroatoms. The minimum absolute atomic E-state index is 0.348. The maximum atomic E-state index is 9.44. The van der Waals surface area contributed by atoms with Crippen molar-refractivity contribution in [3.05, 3.63) is 18.0 Å². The molecule has 0 aliphatic rings. The SMILES string of the molecule is COCC(O)CN(C)Cc1ccno1. The number of aliphatic hydroxyl groups excluding tert-OH is 1. The summed E-state index contributed by atoms with van der Waals surface area (Å²) in [7, 11) is 3.47. The summed E-state index contributed by atoms with van der Waals surface area (Å²) in [5.74, 6) is 0.789. The Morgan fingerprint density at radius 1 is 1.71 bits per heavy atom. The summed E-state index contributed by atoms with van der Waals surface area (Å²) in [6, 6.07) is 1.80. The standard InChI is InChI=1S/C9H16N2O3/c1-11(5-8(12)7-13-2)6-9-3-4-10-14-9/h3-4,8,12H,5-7H2,1-2H3. The second kappa shape index (κ2) is 5.74. The molecule has 0 bridgehead atoms. The number of likely N-dealkylation sites (N-methyl/N-ethyl adjacent to an activating group) is 1. The van der Waals surface area contributed by atoms with Gasteiger partial charge in [-0.2, -0.15) is 0 Å². The molecule has 1 aromatic rings. The van der Waals surface area contributed by atoms with Crippen LogP contribution in [0.2, 0.25) is 0 Å². The number of hydrogen-bond donors (Lipinski definition) is 1. The Labute approximate surface area is 83.3 Å². The van der Waals surface area contributed by atoms with E-state index in [2.05, 4.69) is 5.16 Å². The van der Waals surface area contributed by atoms with Gasteiger partial charge in [0.25, 0.3) is 0 Å². The Kier molecular flexibility index (Phi) is 4.58. The van der Waals surface area contributed by atoms with Crippen molar-refractivity contribution in [2.75, 3.05) is 27.3 Å². The molecule has 0 aromatic carbocycles. The van der Waals surface area contributed by atoms with E-state index in [4.69, 9.17) is 9.26 Å². The molecule has 1 aromatic heterocycles. The zero-order valence-corrected chi connectivity index (χ0v) is 8.51. The lowest BCUT2D eigenvalue weighted by Crippen LogP contribution is -2.31. The van der Waals surface area contributed by atoms with Gasteiger partial charge in [-0.05, 0) is 7.05 Å². The van der Waals surface area contributed by atoms with Crippen molar-refractivity contribution in [3.8, 4) is 0 Å². The molecule has 0 saturated heterocycles. The third kappa shape index (κ3) is 3.87. The summed E-state index contributed by atoms with van der Waals surface area (Å²) < 4.78 is 9.77. The lowest BCUT2D eigenvalue weighted by atomic mass is 10.3. The molecule has 0 radical (unpaired) electrons. The molecule has 5 nitrogen and oxygen atoms in total. The zero-order valence-electron chi connectivity index (χ0n) is 8.51. The van der Waals surface area contributed by atoms with Crippen LogP contribution in [0.5, 0.6) is 0 Å². The van der Waals surface area contributed by atoms with Crippen LogP contribution in [0.3, 0.4) is 0 Å². The van der Waals surface area contributed by atoms with Crippen LogP contribution in [0.1, 0.15) is 5.76 Å². The van der Waals surface area contributed by atoms with E-state index in [1.54, 1.807) is 19.4 Å². The number of aromatic nitrogens is 1. The van der Waals surface area contributed by atoms with Crippen molar-refractivity contribution >= 4 is 0 Å². The topological polar surface area (TPSA) is 58.7 Å². The normalized spacial score (nSPS) is 13.4. The highest BCUT2D eigenvalue weighted by molar-refractivity contribution is 4.92. The molecule has 1 unspecified atom stereocenters. The molecule has 0 aliphatic carbocycles. The summed E-state index contributed by atoms with van der Waals surface area (Å²) in [5.41, 5.74) is 0. The van der Waals surface area contributed by atoms with E-state index in [0.717, 1.165) is 5.76 Å². The van der Waals surface area contributed by atoms with Crippen molar-refractivity contribution in [1.29, 1.82) is 0 Å². The maximum absolute atomic E-state index is 9.44. The average molecular weight is 200 g/mol. The van der Waals surface area contributed by atoms with Crippen molar-refractivity contribution in [2.24, 2.45) is 0 Å². The highest BCUT2D eigenvalue weighted by atomic mass is 16.5.